The van der Waals surface area contributed by atoms with E-state index in [1.807, 2.05) is 0 Å². The average Bonchev–Trinajstić information content (AvgIpc) is 3.16. The zero-order valence-electron chi connectivity index (χ0n) is 14.2. The molecule has 0 aliphatic carbocycles. The normalized spacial score (nSPS) is 16.1. The molecule has 1 aliphatic heterocycles. The van der Waals surface area contributed by atoms with Crippen molar-refractivity contribution in [3.8, 4) is 5.88 Å². The third-order valence-corrected chi connectivity index (χ3v) is 3.38. The van der Waals surface area contributed by atoms with E-state index in [9.17, 15) is 43.9 Å². The lowest BCUT2D eigenvalue weighted by Crippen LogP contribution is -2.45. The molecule has 0 unspecified atom stereocenters. The van der Waals surface area contributed by atoms with Gasteiger partial charge in [-0.3, -0.25) is 0 Å². The topological polar surface area (TPSA) is 62.7 Å². The predicted octanol–water partition coefficient (Wildman–Crippen LogP) is 3.88. The predicted molar refractivity (Wildman–Crippen MR) is 74.1 cm³/mol. The zero-order chi connectivity index (χ0) is 22.4. The van der Waals surface area contributed by atoms with E-state index in [4.69, 9.17) is 4.74 Å². The number of alkyl halides is 10. The molecule has 163 valence electrons. The summed E-state index contributed by atoms with van der Waals surface area (Å²) in [4.78, 5) is 0. The monoisotopic (exact) mass is 443 g/mol. The van der Waals surface area contributed by atoms with Crippen LogP contribution in [0.15, 0.2) is 17.1 Å². The molecule has 0 saturated heterocycles. The Morgan fingerprint density at radius 1 is 0.931 bits per heavy atom. The van der Waals surface area contributed by atoms with Crippen LogP contribution in [0.2, 0.25) is 0 Å². The van der Waals surface area contributed by atoms with E-state index in [0.717, 1.165) is 7.11 Å². The molecule has 1 radical (unpaired) electrons. The first-order valence-electron chi connectivity index (χ1n) is 7.30. The summed E-state index contributed by atoms with van der Waals surface area (Å²) < 4.78 is 140. The van der Waals surface area contributed by atoms with Crippen LogP contribution in [-0.2, 0) is 10.7 Å². The second-order valence-electron chi connectivity index (χ2n) is 5.26. The van der Waals surface area contributed by atoms with Gasteiger partial charge >= 0.3 is 24.2 Å². The number of rotatable bonds is 6. The molecule has 0 saturated carbocycles. The van der Waals surface area contributed by atoms with Gasteiger partial charge in [0.2, 0.25) is 5.88 Å². The third-order valence-electron chi connectivity index (χ3n) is 3.38. The van der Waals surface area contributed by atoms with Crippen LogP contribution in [0.25, 0.3) is 5.70 Å². The Kier molecular flexibility index (Phi) is 5.44. The number of allylic oxidation sites excluding steroid dienone is 1. The number of hydrogen-bond acceptors (Lipinski definition) is 4. The Morgan fingerprint density at radius 3 is 1.93 bits per heavy atom. The maximum absolute atomic E-state index is 13.8. The average molecular weight is 443 g/mol. The first kappa shape index (κ1) is 22.6. The van der Waals surface area contributed by atoms with Gasteiger partial charge in [0, 0.05) is 6.07 Å². The van der Waals surface area contributed by atoms with E-state index in [1.54, 1.807) is 0 Å². The second kappa shape index (κ2) is 6.98. The number of nitrogens with zero attached hydrogens (tertiary/aromatic N) is 4. The van der Waals surface area contributed by atoms with Crippen LogP contribution in [0.1, 0.15) is 12.6 Å². The largest absolute Gasteiger partial charge is 0.481 e. The van der Waals surface area contributed by atoms with Gasteiger partial charge in [0.05, 0.1) is 13.7 Å². The summed E-state index contributed by atoms with van der Waals surface area (Å²) in [7, 11) is 0.731. The molecule has 2 rings (SSSR count). The molecule has 0 bridgehead atoms. The van der Waals surface area contributed by atoms with Crippen LogP contribution in [0.5, 0.6) is 5.88 Å². The maximum atomic E-state index is 13.8. The van der Waals surface area contributed by atoms with Gasteiger partial charge in [0.15, 0.2) is 11.4 Å². The van der Waals surface area contributed by atoms with Gasteiger partial charge < -0.3 is 9.47 Å². The van der Waals surface area contributed by atoms with Gasteiger partial charge in [0.25, 0.3) is 5.88 Å². The van der Waals surface area contributed by atoms with Gasteiger partial charge in [-0.1, -0.05) is 0 Å². The summed E-state index contributed by atoms with van der Waals surface area (Å²) in [5.41, 5.74) is -2.58. The molecule has 0 fully saturated rings. The Hall–Kier alpha value is -2.68. The number of hydrogen-bond donors (Lipinski definition) is 0. The quantitative estimate of drug-likeness (QED) is 0.628. The number of ether oxygens (including phenoxy) is 2. The van der Waals surface area contributed by atoms with Crippen molar-refractivity contribution in [1.82, 2.24) is 15.2 Å². The molecule has 1 aromatic rings. The SMILES string of the molecule is CCOC1=C(n2nc(C(F)(F)C(F)(F)F)cc2OC)C(C(F)(F)C(F)(F)F)=N[N]1. The molecule has 1 aliphatic rings. The Labute approximate surface area is 154 Å². The number of methoxy groups -OCH3 is 1. The molecule has 0 atom stereocenters. The van der Waals surface area contributed by atoms with Gasteiger partial charge in [-0.25, -0.2) is 0 Å². The van der Waals surface area contributed by atoms with E-state index in [2.05, 4.69) is 20.4 Å². The van der Waals surface area contributed by atoms with Gasteiger partial charge in [-0.15, -0.1) is 10.5 Å². The van der Waals surface area contributed by atoms with Crippen molar-refractivity contribution < 1.29 is 53.4 Å². The standard InChI is InChI=1S/C13H9F10N4O2/c1-3-29-9-7(8(24-25-9)11(16,17)13(21,22)23)27-6(28-2)4-5(26-27)10(14,15)12(18,19)20/h4H,3H2,1-2H3. The Bertz CT molecular complexity index is 838. The molecule has 0 spiro atoms. The highest BCUT2D eigenvalue weighted by Crippen LogP contribution is 2.46. The lowest BCUT2D eigenvalue weighted by atomic mass is 10.1. The fourth-order valence-corrected chi connectivity index (χ4v) is 2.03. The number of aromatic nitrogens is 2. The summed E-state index contributed by atoms with van der Waals surface area (Å²) in [5, 5.41) is 5.50. The molecule has 2 heterocycles. The van der Waals surface area contributed by atoms with Crippen molar-refractivity contribution in [2.24, 2.45) is 5.10 Å². The molecule has 0 amide bonds. The van der Waals surface area contributed by atoms with Crippen LogP contribution < -0.4 is 10.2 Å². The molecular weight excluding hydrogens is 434 g/mol. The van der Waals surface area contributed by atoms with Crippen LogP contribution in [0.3, 0.4) is 0 Å². The lowest BCUT2D eigenvalue weighted by Gasteiger charge is -2.21. The molecule has 29 heavy (non-hydrogen) atoms. The van der Waals surface area contributed by atoms with Crippen molar-refractivity contribution in [1.29, 1.82) is 0 Å². The first-order chi connectivity index (χ1) is 13.1. The Balaban J connectivity index is 2.71. The van der Waals surface area contributed by atoms with E-state index in [-0.39, 0.29) is 17.4 Å². The molecular formula is C13H9F10N4O2. The van der Waals surface area contributed by atoms with Crippen molar-refractivity contribution in [2.45, 2.75) is 31.1 Å². The minimum absolute atomic E-state index is 0.0196. The fraction of sp³-hybridized carbons (Fsp3) is 0.538. The van der Waals surface area contributed by atoms with Crippen LogP contribution in [0.4, 0.5) is 43.9 Å². The molecule has 0 N–H and O–H groups in total. The van der Waals surface area contributed by atoms with E-state index in [1.165, 1.54) is 6.92 Å². The highest BCUT2D eigenvalue weighted by atomic mass is 19.4. The summed E-state index contributed by atoms with van der Waals surface area (Å²) in [6, 6.07) is 0.0196. The van der Waals surface area contributed by atoms with Crippen molar-refractivity contribution in [3.05, 3.63) is 17.6 Å². The van der Waals surface area contributed by atoms with Crippen molar-refractivity contribution in [3.63, 3.8) is 0 Å². The molecule has 16 heteroatoms. The van der Waals surface area contributed by atoms with Crippen LogP contribution >= 0.6 is 0 Å². The molecule has 6 nitrogen and oxygen atoms in total. The van der Waals surface area contributed by atoms with Crippen LogP contribution in [-0.4, -0.2) is 47.5 Å². The summed E-state index contributed by atoms with van der Waals surface area (Å²) in [5.74, 6) is -13.3. The van der Waals surface area contributed by atoms with E-state index in [0.29, 0.717) is 0 Å². The van der Waals surface area contributed by atoms with Crippen molar-refractivity contribution >= 4 is 11.4 Å². The summed E-state index contributed by atoms with van der Waals surface area (Å²) >= 11 is 0. The highest BCUT2D eigenvalue weighted by Gasteiger charge is 2.65. The highest BCUT2D eigenvalue weighted by molar-refractivity contribution is 6.24. The van der Waals surface area contributed by atoms with Crippen molar-refractivity contribution in [2.75, 3.05) is 13.7 Å². The fourth-order valence-electron chi connectivity index (χ4n) is 2.03. The maximum Gasteiger partial charge on any atom is 0.459 e. The third kappa shape index (κ3) is 3.66. The van der Waals surface area contributed by atoms with E-state index >= 15 is 0 Å². The Morgan fingerprint density at radius 2 is 1.48 bits per heavy atom. The smallest absolute Gasteiger partial charge is 0.459 e. The van der Waals surface area contributed by atoms with Gasteiger partial charge in [-0.2, -0.15) is 53.7 Å². The lowest BCUT2D eigenvalue weighted by molar-refractivity contribution is -0.291. The van der Waals surface area contributed by atoms with Crippen LogP contribution in [0, 0.1) is 0 Å². The number of halogens is 10. The first-order valence-corrected chi connectivity index (χ1v) is 7.30. The second-order valence-corrected chi connectivity index (χ2v) is 5.26. The van der Waals surface area contributed by atoms with Gasteiger partial charge in [-0.05, 0) is 6.92 Å². The molecule has 1 aromatic heterocycles. The van der Waals surface area contributed by atoms with E-state index < -0.39 is 53.1 Å². The summed E-state index contributed by atoms with van der Waals surface area (Å²) in [6.45, 7) is 0.918. The zero-order valence-corrected chi connectivity index (χ0v) is 14.2. The summed E-state index contributed by atoms with van der Waals surface area (Å²) in [6.07, 6.45) is -12.3. The minimum Gasteiger partial charge on any atom is -0.481 e. The minimum atomic E-state index is -6.20. The van der Waals surface area contributed by atoms with Gasteiger partial charge in [0.1, 0.15) is 5.69 Å². The molecule has 0 aromatic carbocycles.